The van der Waals surface area contributed by atoms with Gasteiger partial charge in [-0.3, -0.25) is 0 Å². The lowest BCUT2D eigenvalue weighted by Gasteiger charge is -2.15. The van der Waals surface area contributed by atoms with E-state index in [0.29, 0.717) is 46.7 Å². The summed E-state index contributed by atoms with van der Waals surface area (Å²) in [5.41, 5.74) is 3.16. The zero-order valence-corrected chi connectivity index (χ0v) is 18.9. The third-order valence-electron chi connectivity index (χ3n) is 6.29. The summed E-state index contributed by atoms with van der Waals surface area (Å²) >= 11 is 6.51. The van der Waals surface area contributed by atoms with Crippen LogP contribution in [0.4, 0.5) is 13.2 Å². The monoisotopic (exact) mass is 501 g/mol. The highest BCUT2D eigenvalue weighted by Gasteiger charge is 2.43. The van der Waals surface area contributed by atoms with Crippen molar-refractivity contribution in [2.24, 2.45) is 0 Å². The summed E-state index contributed by atoms with van der Waals surface area (Å²) in [7, 11) is 0. The minimum Gasteiger partial charge on any atom is -0.456 e. The molecular weight excluding hydrogens is 483 g/mol. The number of aromatic amines is 1. The highest BCUT2D eigenvalue weighted by molar-refractivity contribution is 6.33. The Morgan fingerprint density at radius 3 is 2.34 bits per heavy atom. The topological polar surface area (TPSA) is 69.3 Å². The normalized spacial score (nSPS) is 22.0. The molecule has 2 saturated heterocycles. The van der Waals surface area contributed by atoms with Gasteiger partial charge in [0.15, 0.2) is 11.8 Å². The van der Waals surface area contributed by atoms with E-state index in [4.69, 9.17) is 25.8 Å². The van der Waals surface area contributed by atoms with Crippen molar-refractivity contribution in [2.45, 2.75) is 30.9 Å². The van der Waals surface area contributed by atoms with E-state index in [0.717, 1.165) is 29.7 Å². The molecule has 3 atom stereocenters. The molecule has 0 aliphatic carbocycles. The predicted molar refractivity (Wildman–Crippen MR) is 123 cm³/mol. The summed E-state index contributed by atoms with van der Waals surface area (Å²) < 4.78 is 55.9. The Morgan fingerprint density at radius 2 is 1.63 bits per heavy atom. The number of pyridine rings is 1. The molecule has 4 aromatic rings. The lowest BCUT2D eigenvalue weighted by atomic mass is 10.0. The van der Waals surface area contributed by atoms with Gasteiger partial charge in [0.1, 0.15) is 6.10 Å². The molecule has 2 aromatic heterocycles. The Kier molecular flexibility index (Phi) is 5.43. The molecule has 0 radical (unpaired) electrons. The number of aromatic nitrogens is 3. The fourth-order valence-electron chi connectivity index (χ4n) is 4.50. The van der Waals surface area contributed by atoms with Gasteiger partial charge in [-0.25, -0.2) is 4.98 Å². The summed E-state index contributed by atoms with van der Waals surface area (Å²) in [6.45, 7) is 1.10. The van der Waals surface area contributed by atoms with Crippen LogP contribution in [0.3, 0.4) is 0 Å². The van der Waals surface area contributed by atoms with Crippen LogP contribution < -0.4 is 4.74 Å². The van der Waals surface area contributed by atoms with Crippen molar-refractivity contribution >= 4 is 22.8 Å². The number of hydrogen-bond donors (Lipinski definition) is 1. The maximum Gasteiger partial charge on any atom is 0.416 e. The van der Waals surface area contributed by atoms with Gasteiger partial charge in [-0.1, -0.05) is 48.0 Å². The smallest absolute Gasteiger partial charge is 0.416 e. The first-order valence-corrected chi connectivity index (χ1v) is 11.5. The molecule has 35 heavy (non-hydrogen) atoms. The third kappa shape index (κ3) is 4.24. The average molecular weight is 502 g/mol. The summed E-state index contributed by atoms with van der Waals surface area (Å²) in [6, 6.07) is 14.4. The van der Waals surface area contributed by atoms with Crippen molar-refractivity contribution in [1.29, 1.82) is 0 Å². The highest BCUT2D eigenvalue weighted by atomic mass is 35.5. The molecule has 6 nitrogen and oxygen atoms in total. The van der Waals surface area contributed by atoms with Crippen molar-refractivity contribution in [3.63, 3.8) is 0 Å². The predicted octanol–water partition coefficient (Wildman–Crippen LogP) is 5.90. The van der Waals surface area contributed by atoms with Crippen LogP contribution in [-0.2, 0) is 15.7 Å². The number of H-pyrrole nitrogens is 1. The molecule has 2 fully saturated rings. The molecule has 0 bridgehead atoms. The first-order chi connectivity index (χ1) is 16.8. The lowest BCUT2D eigenvalue weighted by molar-refractivity contribution is -0.137. The Balaban J connectivity index is 1.23. The quantitative estimate of drug-likeness (QED) is 0.377. The van der Waals surface area contributed by atoms with E-state index >= 15 is 0 Å². The number of halogens is 4. The molecule has 2 aliphatic rings. The first kappa shape index (κ1) is 22.3. The van der Waals surface area contributed by atoms with Gasteiger partial charge < -0.3 is 19.2 Å². The molecule has 180 valence electrons. The molecule has 0 amide bonds. The standard InChI is InChI=1S/C25H19ClF3N3O3/c26-17-11-18-23(32-24(30-18)35-20-12-34-19-9-10-33-22(19)20)31-21(17)15-3-1-13(2-4-15)14-5-7-16(8-6-14)25(27,28)29/h1-8,11,19-20,22H,9-10,12H2,(H,30,31,32)/t19-,20-,22+/m1/s1. The second-order valence-corrected chi connectivity index (χ2v) is 8.94. The number of imidazole rings is 1. The Morgan fingerprint density at radius 1 is 0.943 bits per heavy atom. The summed E-state index contributed by atoms with van der Waals surface area (Å²) in [5, 5.41) is 0.429. The number of nitrogens with one attached hydrogen (secondary N) is 1. The second kappa shape index (κ2) is 8.51. The molecular formula is C25H19ClF3N3O3. The third-order valence-corrected chi connectivity index (χ3v) is 6.58. The molecule has 10 heteroatoms. The molecule has 1 N–H and O–H groups in total. The van der Waals surface area contributed by atoms with E-state index in [1.165, 1.54) is 12.1 Å². The Hall–Kier alpha value is -3.14. The first-order valence-electron chi connectivity index (χ1n) is 11.1. The number of nitrogens with zero attached hydrogens (tertiary/aromatic N) is 2. The number of rotatable bonds is 4. The van der Waals surface area contributed by atoms with Gasteiger partial charge >= 0.3 is 6.18 Å². The largest absolute Gasteiger partial charge is 0.456 e. The highest BCUT2D eigenvalue weighted by Crippen LogP contribution is 2.34. The maximum absolute atomic E-state index is 12.8. The van der Waals surface area contributed by atoms with E-state index in [9.17, 15) is 13.2 Å². The van der Waals surface area contributed by atoms with Crippen molar-refractivity contribution in [3.05, 3.63) is 65.2 Å². The van der Waals surface area contributed by atoms with Gasteiger partial charge in [-0.05, 0) is 35.7 Å². The van der Waals surface area contributed by atoms with E-state index in [2.05, 4.69) is 15.0 Å². The molecule has 2 aliphatic heterocycles. The molecule has 6 rings (SSSR count). The fraction of sp³-hybridized carbons (Fsp3) is 0.280. The Labute approximate surface area is 203 Å². The van der Waals surface area contributed by atoms with Crippen molar-refractivity contribution in [3.8, 4) is 28.4 Å². The molecule has 0 saturated carbocycles. The number of alkyl halides is 3. The van der Waals surface area contributed by atoms with Gasteiger partial charge in [0, 0.05) is 12.2 Å². The van der Waals surface area contributed by atoms with Crippen LogP contribution in [0.2, 0.25) is 5.02 Å². The molecule has 4 heterocycles. The zero-order chi connectivity index (χ0) is 24.2. The zero-order valence-electron chi connectivity index (χ0n) is 18.2. The van der Waals surface area contributed by atoms with Gasteiger partial charge in [0.2, 0.25) is 0 Å². The number of fused-ring (bicyclic) bond motifs is 2. The van der Waals surface area contributed by atoms with E-state index < -0.39 is 11.7 Å². The van der Waals surface area contributed by atoms with Crippen LogP contribution >= 0.6 is 11.6 Å². The van der Waals surface area contributed by atoms with Crippen molar-refractivity contribution in [1.82, 2.24) is 15.0 Å². The van der Waals surface area contributed by atoms with E-state index in [1.54, 1.807) is 6.07 Å². The van der Waals surface area contributed by atoms with Crippen LogP contribution in [0.15, 0.2) is 54.6 Å². The van der Waals surface area contributed by atoms with Gasteiger partial charge in [0.05, 0.1) is 34.5 Å². The van der Waals surface area contributed by atoms with Crippen molar-refractivity contribution in [2.75, 3.05) is 13.2 Å². The molecule has 0 unspecified atom stereocenters. The van der Waals surface area contributed by atoms with Crippen LogP contribution in [0, 0.1) is 0 Å². The number of ether oxygens (including phenoxy) is 3. The van der Waals surface area contributed by atoms with Crippen LogP contribution in [0.5, 0.6) is 6.01 Å². The van der Waals surface area contributed by atoms with Crippen LogP contribution in [-0.4, -0.2) is 46.5 Å². The minimum atomic E-state index is -4.36. The van der Waals surface area contributed by atoms with Gasteiger partial charge in [0.25, 0.3) is 6.01 Å². The van der Waals surface area contributed by atoms with Crippen molar-refractivity contribution < 1.29 is 27.4 Å². The van der Waals surface area contributed by atoms with E-state index in [-0.39, 0.29) is 18.3 Å². The number of hydrogen-bond acceptors (Lipinski definition) is 5. The molecule has 0 spiro atoms. The lowest BCUT2D eigenvalue weighted by Crippen LogP contribution is -2.32. The maximum atomic E-state index is 12.8. The van der Waals surface area contributed by atoms with Gasteiger partial charge in [-0.15, -0.1) is 0 Å². The molecule has 2 aromatic carbocycles. The summed E-state index contributed by atoms with van der Waals surface area (Å²) in [6.07, 6.45) is -3.77. The second-order valence-electron chi connectivity index (χ2n) is 8.54. The van der Waals surface area contributed by atoms with E-state index in [1.807, 2.05) is 24.3 Å². The fourth-order valence-corrected chi connectivity index (χ4v) is 4.76. The van der Waals surface area contributed by atoms with Gasteiger partial charge in [-0.2, -0.15) is 18.2 Å². The van der Waals surface area contributed by atoms with Crippen LogP contribution in [0.1, 0.15) is 12.0 Å². The summed E-state index contributed by atoms with van der Waals surface area (Å²) in [4.78, 5) is 12.2. The number of benzene rings is 2. The Bertz CT molecular complexity index is 1370. The average Bonchev–Trinajstić information content (AvgIpc) is 3.55. The summed E-state index contributed by atoms with van der Waals surface area (Å²) in [5.74, 6) is 0. The van der Waals surface area contributed by atoms with Crippen LogP contribution in [0.25, 0.3) is 33.5 Å². The SMILES string of the molecule is FC(F)(F)c1ccc(-c2ccc(-c3nc4nc(O[C@@H]5CO[C@@H]6CCO[C@@H]65)[nH]c4cc3Cl)cc2)cc1. The minimum absolute atomic E-state index is 0.0640.